The summed E-state index contributed by atoms with van der Waals surface area (Å²) in [6.07, 6.45) is 4.48. The molecule has 0 unspecified atom stereocenters. The van der Waals surface area contributed by atoms with Gasteiger partial charge in [-0.1, -0.05) is 12.8 Å². The van der Waals surface area contributed by atoms with Crippen LogP contribution >= 0.6 is 24.0 Å². The standard InChI is InChI=1S/C20H33N3O4.HI/c1-5-21-20(22-13-9-7-6-8-10-19(24)27-4)23-15-16-11-12-17(25-2)14-18(16)26-3;/h11-12,14H,5-10,13,15H2,1-4H3,(H2,21,22,23);1H. The van der Waals surface area contributed by atoms with Gasteiger partial charge in [-0.05, 0) is 31.9 Å². The zero-order valence-electron chi connectivity index (χ0n) is 17.4. The smallest absolute Gasteiger partial charge is 0.305 e. The van der Waals surface area contributed by atoms with E-state index < -0.39 is 0 Å². The molecule has 0 spiro atoms. The van der Waals surface area contributed by atoms with Gasteiger partial charge in [0.1, 0.15) is 11.5 Å². The maximum Gasteiger partial charge on any atom is 0.305 e. The van der Waals surface area contributed by atoms with Crippen LogP contribution in [0.2, 0.25) is 0 Å². The van der Waals surface area contributed by atoms with E-state index in [2.05, 4.69) is 20.4 Å². The molecule has 1 aromatic rings. The molecule has 0 aliphatic heterocycles. The van der Waals surface area contributed by atoms with E-state index in [4.69, 9.17) is 9.47 Å². The minimum Gasteiger partial charge on any atom is -0.497 e. The number of aliphatic imine (C=N–C) groups is 1. The fourth-order valence-electron chi connectivity index (χ4n) is 2.55. The molecule has 160 valence electrons. The lowest BCUT2D eigenvalue weighted by atomic mass is 10.1. The third-order valence-corrected chi connectivity index (χ3v) is 4.07. The molecule has 0 aliphatic carbocycles. The molecule has 2 N–H and O–H groups in total. The summed E-state index contributed by atoms with van der Waals surface area (Å²) in [4.78, 5) is 15.7. The average molecular weight is 507 g/mol. The largest absolute Gasteiger partial charge is 0.497 e. The molecular formula is C20H34IN3O4. The normalized spacial score (nSPS) is 10.6. The molecule has 0 fully saturated rings. The number of unbranched alkanes of at least 4 members (excludes halogenated alkanes) is 3. The molecule has 0 radical (unpaired) electrons. The Morgan fingerprint density at radius 2 is 1.79 bits per heavy atom. The van der Waals surface area contributed by atoms with Crippen LogP contribution in [0, 0.1) is 0 Å². The molecule has 0 aromatic heterocycles. The number of hydrogen-bond donors (Lipinski definition) is 2. The predicted octanol–water partition coefficient (Wildman–Crippen LogP) is 3.50. The van der Waals surface area contributed by atoms with Crippen molar-refractivity contribution >= 4 is 35.9 Å². The molecule has 0 heterocycles. The van der Waals surface area contributed by atoms with Crippen LogP contribution in [-0.2, 0) is 16.1 Å². The highest BCUT2D eigenvalue weighted by molar-refractivity contribution is 14.0. The SMILES string of the molecule is CCNC(=NCc1ccc(OC)cc1OC)NCCCCCCC(=O)OC.I. The van der Waals surface area contributed by atoms with E-state index in [0.29, 0.717) is 13.0 Å². The van der Waals surface area contributed by atoms with E-state index in [1.807, 2.05) is 25.1 Å². The third-order valence-electron chi connectivity index (χ3n) is 4.07. The van der Waals surface area contributed by atoms with Gasteiger partial charge < -0.3 is 24.8 Å². The number of guanidine groups is 1. The van der Waals surface area contributed by atoms with Gasteiger partial charge in [-0.2, -0.15) is 0 Å². The lowest BCUT2D eigenvalue weighted by Crippen LogP contribution is -2.37. The molecule has 7 nitrogen and oxygen atoms in total. The van der Waals surface area contributed by atoms with Crippen LogP contribution in [0.1, 0.15) is 44.6 Å². The molecule has 0 saturated carbocycles. The van der Waals surface area contributed by atoms with Crippen molar-refractivity contribution in [2.75, 3.05) is 34.4 Å². The Balaban J connectivity index is 0.00000729. The molecule has 0 amide bonds. The Morgan fingerprint density at radius 1 is 1.04 bits per heavy atom. The van der Waals surface area contributed by atoms with Gasteiger partial charge in [0.2, 0.25) is 0 Å². The van der Waals surface area contributed by atoms with Gasteiger partial charge in [0.15, 0.2) is 5.96 Å². The van der Waals surface area contributed by atoms with E-state index in [0.717, 1.165) is 61.8 Å². The molecule has 1 aromatic carbocycles. The summed E-state index contributed by atoms with van der Waals surface area (Å²) in [7, 11) is 4.70. The van der Waals surface area contributed by atoms with Gasteiger partial charge >= 0.3 is 5.97 Å². The van der Waals surface area contributed by atoms with E-state index in [1.54, 1.807) is 14.2 Å². The van der Waals surface area contributed by atoms with Gasteiger partial charge in [-0.3, -0.25) is 4.79 Å². The summed E-state index contributed by atoms with van der Waals surface area (Å²) in [5, 5.41) is 6.59. The van der Waals surface area contributed by atoms with Crippen molar-refractivity contribution in [1.82, 2.24) is 10.6 Å². The number of carbonyl (C=O) groups is 1. The average Bonchev–Trinajstić information content (AvgIpc) is 2.70. The Labute approximate surface area is 185 Å². The lowest BCUT2D eigenvalue weighted by Gasteiger charge is -2.12. The van der Waals surface area contributed by atoms with Gasteiger partial charge in [0, 0.05) is 31.1 Å². The first-order chi connectivity index (χ1) is 13.1. The summed E-state index contributed by atoms with van der Waals surface area (Å²) in [6.45, 7) is 4.19. The predicted molar refractivity (Wildman–Crippen MR) is 123 cm³/mol. The topological polar surface area (TPSA) is 81.2 Å². The zero-order chi connectivity index (χ0) is 19.9. The summed E-state index contributed by atoms with van der Waals surface area (Å²) >= 11 is 0. The minimum absolute atomic E-state index is 0. The minimum atomic E-state index is -0.136. The number of benzene rings is 1. The highest BCUT2D eigenvalue weighted by atomic mass is 127. The maximum absolute atomic E-state index is 11.1. The number of hydrogen-bond acceptors (Lipinski definition) is 5. The number of carbonyl (C=O) groups excluding carboxylic acids is 1. The molecular weight excluding hydrogens is 473 g/mol. The van der Waals surface area contributed by atoms with Crippen molar-refractivity contribution in [2.45, 2.75) is 45.6 Å². The molecule has 0 bridgehead atoms. The van der Waals surface area contributed by atoms with Crippen molar-refractivity contribution < 1.29 is 19.0 Å². The monoisotopic (exact) mass is 507 g/mol. The fourth-order valence-corrected chi connectivity index (χ4v) is 2.55. The summed E-state index contributed by atoms with van der Waals surface area (Å²) in [5.41, 5.74) is 0.998. The number of esters is 1. The summed E-state index contributed by atoms with van der Waals surface area (Å²) in [6, 6.07) is 5.73. The highest BCUT2D eigenvalue weighted by Crippen LogP contribution is 2.25. The van der Waals surface area contributed by atoms with Crippen molar-refractivity contribution in [1.29, 1.82) is 0 Å². The number of methoxy groups -OCH3 is 3. The Bertz CT molecular complexity index is 597. The molecule has 1 rings (SSSR count). The van der Waals surface area contributed by atoms with E-state index in [-0.39, 0.29) is 29.9 Å². The summed E-state index contributed by atoms with van der Waals surface area (Å²) in [5.74, 6) is 2.17. The van der Waals surface area contributed by atoms with Crippen LogP contribution in [0.4, 0.5) is 0 Å². The third kappa shape index (κ3) is 10.6. The van der Waals surface area contributed by atoms with Crippen LogP contribution in [0.3, 0.4) is 0 Å². The Kier molecular flexibility index (Phi) is 15.3. The van der Waals surface area contributed by atoms with Gasteiger partial charge in [0.05, 0.1) is 27.9 Å². The second-order valence-electron chi connectivity index (χ2n) is 6.04. The van der Waals surface area contributed by atoms with Crippen molar-refractivity contribution in [3.63, 3.8) is 0 Å². The molecule has 0 aliphatic rings. The van der Waals surface area contributed by atoms with Crippen molar-refractivity contribution in [3.05, 3.63) is 23.8 Å². The Morgan fingerprint density at radius 3 is 2.43 bits per heavy atom. The van der Waals surface area contributed by atoms with Crippen molar-refractivity contribution in [2.24, 2.45) is 4.99 Å². The second kappa shape index (κ2) is 16.3. The van der Waals surface area contributed by atoms with Crippen LogP contribution in [-0.4, -0.2) is 46.3 Å². The van der Waals surface area contributed by atoms with E-state index >= 15 is 0 Å². The first kappa shape index (κ1) is 26.3. The first-order valence-electron chi connectivity index (χ1n) is 9.44. The quantitative estimate of drug-likeness (QED) is 0.148. The van der Waals surface area contributed by atoms with Crippen LogP contribution in [0.15, 0.2) is 23.2 Å². The van der Waals surface area contributed by atoms with Crippen LogP contribution in [0.5, 0.6) is 11.5 Å². The number of halogens is 1. The summed E-state index contributed by atoms with van der Waals surface area (Å²) < 4.78 is 15.3. The first-order valence-corrected chi connectivity index (χ1v) is 9.44. The number of rotatable bonds is 12. The van der Waals surface area contributed by atoms with Gasteiger partial charge in [0.25, 0.3) is 0 Å². The fraction of sp³-hybridized carbons (Fsp3) is 0.600. The van der Waals surface area contributed by atoms with Crippen molar-refractivity contribution in [3.8, 4) is 11.5 Å². The molecule has 0 atom stereocenters. The zero-order valence-corrected chi connectivity index (χ0v) is 19.7. The van der Waals surface area contributed by atoms with E-state index in [1.165, 1.54) is 7.11 Å². The van der Waals surface area contributed by atoms with E-state index in [9.17, 15) is 4.79 Å². The molecule has 28 heavy (non-hydrogen) atoms. The maximum atomic E-state index is 11.1. The number of ether oxygens (including phenoxy) is 3. The van der Waals surface area contributed by atoms with Crippen LogP contribution in [0.25, 0.3) is 0 Å². The van der Waals surface area contributed by atoms with Gasteiger partial charge in [-0.15, -0.1) is 24.0 Å². The number of nitrogens with one attached hydrogen (secondary N) is 2. The highest BCUT2D eigenvalue weighted by Gasteiger charge is 2.05. The van der Waals surface area contributed by atoms with Crippen LogP contribution < -0.4 is 20.1 Å². The lowest BCUT2D eigenvalue weighted by molar-refractivity contribution is -0.140. The molecule has 8 heteroatoms. The van der Waals surface area contributed by atoms with Gasteiger partial charge in [-0.25, -0.2) is 4.99 Å². The Hall–Kier alpha value is -1.71. The number of nitrogens with zero attached hydrogens (tertiary/aromatic N) is 1. The molecule has 0 saturated heterocycles. The second-order valence-corrected chi connectivity index (χ2v) is 6.04.